The predicted molar refractivity (Wildman–Crippen MR) is 83.3 cm³/mol. The van der Waals surface area contributed by atoms with Gasteiger partial charge < -0.3 is 15.7 Å². The number of hydrogen-bond donors (Lipinski definition) is 3. The molecule has 1 atom stereocenters. The van der Waals surface area contributed by atoms with E-state index in [4.69, 9.17) is 0 Å². The van der Waals surface area contributed by atoms with E-state index in [0.29, 0.717) is 6.42 Å². The highest BCUT2D eigenvalue weighted by Gasteiger charge is 2.22. The highest BCUT2D eigenvalue weighted by atomic mass is 35.5. The molecule has 1 aliphatic rings. The molecule has 0 spiro atoms. The zero-order valence-corrected chi connectivity index (χ0v) is 12.8. The quantitative estimate of drug-likeness (QED) is 0.799. The SMILES string of the molecule is CCC(C)(O)CC(=O)Nc1ccc2c(c1)CCNC2.Cl. The van der Waals surface area contributed by atoms with Crippen LogP contribution in [-0.4, -0.2) is 23.2 Å². The van der Waals surface area contributed by atoms with Crippen molar-refractivity contribution in [2.75, 3.05) is 11.9 Å². The normalized spacial score (nSPS) is 16.6. The van der Waals surface area contributed by atoms with Gasteiger partial charge in [-0.05, 0) is 49.6 Å². The van der Waals surface area contributed by atoms with Gasteiger partial charge in [0.2, 0.25) is 5.91 Å². The Morgan fingerprint density at radius 2 is 2.20 bits per heavy atom. The van der Waals surface area contributed by atoms with Gasteiger partial charge in [0.15, 0.2) is 0 Å². The average molecular weight is 299 g/mol. The van der Waals surface area contributed by atoms with Crippen molar-refractivity contribution in [2.24, 2.45) is 0 Å². The first-order chi connectivity index (χ1) is 9.00. The minimum Gasteiger partial charge on any atom is -0.390 e. The molecule has 0 aliphatic carbocycles. The highest BCUT2D eigenvalue weighted by Crippen LogP contribution is 2.20. The zero-order valence-electron chi connectivity index (χ0n) is 12.0. The predicted octanol–water partition coefficient (Wildman–Crippen LogP) is 2.24. The molecular formula is C15H23ClN2O2. The number of nitrogens with one attached hydrogen (secondary N) is 2. The molecule has 1 amide bonds. The largest absolute Gasteiger partial charge is 0.390 e. The second-order valence-electron chi connectivity index (χ2n) is 5.49. The molecule has 4 nitrogen and oxygen atoms in total. The number of fused-ring (bicyclic) bond motifs is 1. The number of hydrogen-bond acceptors (Lipinski definition) is 3. The maximum Gasteiger partial charge on any atom is 0.227 e. The molecule has 0 aromatic heterocycles. The van der Waals surface area contributed by atoms with E-state index in [0.717, 1.165) is 25.2 Å². The molecule has 0 bridgehead atoms. The van der Waals surface area contributed by atoms with Gasteiger partial charge in [0.1, 0.15) is 0 Å². The van der Waals surface area contributed by atoms with Crippen LogP contribution in [0.25, 0.3) is 0 Å². The van der Waals surface area contributed by atoms with Crippen LogP contribution in [0, 0.1) is 0 Å². The topological polar surface area (TPSA) is 61.4 Å². The van der Waals surface area contributed by atoms with Crippen LogP contribution >= 0.6 is 12.4 Å². The molecule has 20 heavy (non-hydrogen) atoms. The van der Waals surface area contributed by atoms with Gasteiger partial charge in [-0.1, -0.05) is 13.0 Å². The lowest BCUT2D eigenvalue weighted by molar-refractivity contribution is -0.120. The molecule has 0 fully saturated rings. The Kier molecular flexibility index (Phi) is 5.99. The highest BCUT2D eigenvalue weighted by molar-refractivity contribution is 5.91. The summed E-state index contributed by atoms with van der Waals surface area (Å²) < 4.78 is 0. The minimum atomic E-state index is -0.928. The minimum absolute atomic E-state index is 0. The summed E-state index contributed by atoms with van der Waals surface area (Å²) in [6.07, 6.45) is 1.68. The Hall–Kier alpha value is -1.10. The number of amides is 1. The summed E-state index contributed by atoms with van der Waals surface area (Å²) in [5, 5.41) is 16.1. The summed E-state index contributed by atoms with van der Waals surface area (Å²) in [5.74, 6) is -0.138. The first-order valence-corrected chi connectivity index (χ1v) is 6.85. The van der Waals surface area contributed by atoms with Crippen LogP contribution in [0.1, 0.15) is 37.8 Å². The number of halogens is 1. The molecule has 1 aromatic carbocycles. The van der Waals surface area contributed by atoms with E-state index in [1.54, 1.807) is 6.92 Å². The van der Waals surface area contributed by atoms with Crippen LogP contribution in [-0.2, 0) is 17.8 Å². The van der Waals surface area contributed by atoms with Gasteiger partial charge in [0.25, 0.3) is 0 Å². The first kappa shape index (κ1) is 17.0. The van der Waals surface area contributed by atoms with E-state index in [1.807, 2.05) is 19.1 Å². The van der Waals surface area contributed by atoms with Crippen LogP contribution < -0.4 is 10.6 Å². The number of carbonyl (C=O) groups is 1. The second kappa shape index (κ2) is 7.07. The van der Waals surface area contributed by atoms with Crippen LogP contribution in [0.4, 0.5) is 5.69 Å². The molecule has 1 heterocycles. The second-order valence-corrected chi connectivity index (χ2v) is 5.49. The molecule has 0 radical (unpaired) electrons. The molecule has 3 N–H and O–H groups in total. The molecule has 1 aromatic rings. The van der Waals surface area contributed by atoms with Crippen LogP contribution in [0.3, 0.4) is 0 Å². The van der Waals surface area contributed by atoms with Gasteiger partial charge in [-0.25, -0.2) is 0 Å². The maximum absolute atomic E-state index is 11.9. The van der Waals surface area contributed by atoms with Gasteiger partial charge in [-0.2, -0.15) is 0 Å². The molecule has 2 rings (SSSR count). The maximum atomic E-state index is 11.9. The zero-order chi connectivity index (χ0) is 13.9. The Balaban J connectivity index is 0.00000200. The molecule has 1 aliphatic heterocycles. The third-order valence-electron chi connectivity index (χ3n) is 3.68. The molecule has 5 heteroatoms. The Labute approximate surface area is 126 Å². The summed E-state index contributed by atoms with van der Waals surface area (Å²) in [4.78, 5) is 11.9. The number of aliphatic hydroxyl groups is 1. The summed E-state index contributed by atoms with van der Waals surface area (Å²) in [6, 6.07) is 6.01. The number of anilines is 1. The van der Waals surface area contributed by atoms with Crippen molar-refractivity contribution in [1.82, 2.24) is 5.32 Å². The van der Waals surface area contributed by atoms with E-state index in [9.17, 15) is 9.90 Å². The van der Waals surface area contributed by atoms with Crippen molar-refractivity contribution in [3.63, 3.8) is 0 Å². The van der Waals surface area contributed by atoms with Crippen LogP contribution in [0.2, 0.25) is 0 Å². The van der Waals surface area contributed by atoms with Crippen molar-refractivity contribution < 1.29 is 9.90 Å². The molecule has 0 saturated carbocycles. The van der Waals surface area contributed by atoms with Crippen LogP contribution in [0.5, 0.6) is 0 Å². The molecular weight excluding hydrogens is 276 g/mol. The Bertz CT molecular complexity index is 475. The van der Waals surface area contributed by atoms with E-state index in [2.05, 4.69) is 16.7 Å². The van der Waals surface area contributed by atoms with E-state index < -0.39 is 5.60 Å². The average Bonchev–Trinajstić information content (AvgIpc) is 2.38. The molecule has 0 saturated heterocycles. The lowest BCUT2D eigenvalue weighted by Crippen LogP contribution is -2.30. The third-order valence-corrected chi connectivity index (χ3v) is 3.68. The van der Waals surface area contributed by atoms with E-state index >= 15 is 0 Å². The fourth-order valence-corrected chi connectivity index (χ4v) is 2.23. The molecule has 1 unspecified atom stereocenters. The lowest BCUT2D eigenvalue weighted by Gasteiger charge is -2.21. The van der Waals surface area contributed by atoms with Gasteiger partial charge in [-0.3, -0.25) is 4.79 Å². The molecule has 112 valence electrons. The fourth-order valence-electron chi connectivity index (χ4n) is 2.23. The number of rotatable bonds is 4. The number of carbonyl (C=O) groups excluding carboxylic acids is 1. The summed E-state index contributed by atoms with van der Waals surface area (Å²) in [5.41, 5.74) is 2.48. The lowest BCUT2D eigenvalue weighted by atomic mass is 9.98. The standard InChI is InChI=1S/C15H22N2O2.ClH/c1-3-15(2,19)9-14(18)17-13-5-4-12-10-16-7-6-11(12)8-13;/h4-5,8,16,19H,3,6-7,9-10H2,1-2H3,(H,17,18);1H. The van der Waals surface area contributed by atoms with Crippen LogP contribution in [0.15, 0.2) is 18.2 Å². The summed E-state index contributed by atoms with van der Waals surface area (Å²) >= 11 is 0. The monoisotopic (exact) mass is 298 g/mol. The smallest absolute Gasteiger partial charge is 0.227 e. The van der Waals surface area contributed by atoms with Crippen molar-refractivity contribution in [1.29, 1.82) is 0 Å². The Morgan fingerprint density at radius 1 is 1.45 bits per heavy atom. The summed E-state index contributed by atoms with van der Waals surface area (Å²) in [6.45, 7) is 5.44. The fraction of sp³-hybridized carbons (Fsp3) is 0.533. The van der Waals surface area contributed by atoms with Crippen molar-refractivity contribution >= 4 is 24.0 Å². The van der Waals surface area contributed by atoms with Crippen molar-refractivity contribution in [3.8, 4) is 0 Å². The number of benzene rings is 1. The van der Waals surface area contributed by atoms with Gasteiger partial charge >= 0.3 is 0 Å². The summed E-state index contributed by atoms with van der Waals surface area (Å²) in [7, 11) is 0. The van der Waals surface area contributed by atoms with Gasteiger partial charge in [0.05, 0.1) is 12.0 Å². The first-order valence-electron chi connectivity index (χ1n) is 6.85. The van der Waals surface area contributed by atoms with E-state index in [-0.39, 0.29) is 24.7 Å². The van der Waals surface area contributed by atoms with Gasteiger partial charge in [-0.15, -0.1) is 12.4 Å². The Morgan fingerprint density at radius 3 is 2.90 bits per heavy atom. The third kappa shape index (κ3) is 4.47. The van der Waals surface area contributed by atoms with Crippen molar-refractivity contribution in [2.45, 2.75) is 45.3 Å². The van der Waals surface area contributed by atoms with E-state index in [1.165, 1.54) is 11.1 Å². The van der Waals surface area contributed by atoms with Crippen molar-refractivity contribution in [3.05, 3.63) is 29.3 Å². The van der Waals surface area contributed by atoms with Gasteiger partial charge in [0, 0.05) is 12.2 Å².